The van der Waals surface area contributed by atoms with Crippen LogP contribution in [0.25, 0.3) is 0 Å². The maximum Gasteiger partial charge on any atom is 0.221 e. The van der Waals surface area contributed by atoms with E-state index in [9.17, 15) is 4.79 Å². The van der Waals surface area contributed by atoms with E-state index in [2.05, 4.69) is 4.98 Å². The molecule has 0 aromatic carbocycles. The molecular formula is C9H10ClNO. The Kier molecular flexibility index (Phi) is 3.23. The lowest BCUT2D eigenvalue weighted by Gasteiger charge is -1.97. The fraction of sp³-hybridized carbons (Fsp3) is 0.333. The van der Waals surface area contributed by atoms with Crippen LogP contribution in [0.2, 0.25) is 0 Å². The Balaban J connectivity index is 2.53. The van der Waals surface area contributed by atoms with Gasteiger partial charge in [0.1, 0.15) is 0 Å². The second-order valence-corrected chi connectivity index (χ2v) is 3.08. The number of nitrogens with zero attached hydrogens (tertiary/aromatic N) is 1. The highest BCUT2D eigenvalue weighted by Crippen LogP contribution is 2.03. The first-order valence-corrected chi connectivity index (χ1v) is 4.16. The molecule has 1 heterocycles. The van der Waals surface area contributed by atoms with Crippen molar-refractivity contribution in [2.24, 2.45) is 0 Å². The van der Waals surface area contributed by atoms with Crippen LogP contribution in [0.15, 0.2) is 18.3 Å². The lowest BCUT2D eigenvalue weighted by molar-refractivity contribution is -0.111. The summed E-state index contributed by atoms with van der Waals surface area (Å²) in [6.45, 7) is 1.93. The summed E-state index contributed by atoms with van der Waals surface area (Å²) in [5, 5.41) is -0.296. The molecule has 0 aliphatic heterocycles. The zero-order valence-corrected chi connectivity index (χ0v) is 7.64. The average Bonchev–Trinajstić information content (AvgIpc) is 2.03. The number of rotatable bonds is 3. The molecule has 3 heteroatoms. The van der Waals surface area contributed by atoms with Crippen molar-refractivity contribution >= 4 is 16.8 Å². The third-order valence-electron chi connectivity index (χ3n) is 1.58. The molecule has 1 aromatic rings. The van der Waals surface area contributed by atoms with E-state index >= 15 is 0 Å². The second-order valence-electron chi connectivity index (χ2n) is 2.66. The van der Waals surface area contributed by atoms with Crippen LogP contribution in [0.1, 0.15) is 17.7 Å². The summed E-state index contributed by atoms with van der Waals surface area (Å²) in [4.78, 5) is 14.5. The molecule has 0 amide bonds. The fourth-order valence-corrected chi connectivity index (χ4v) is 0.983. The topological polar surface area (TPSA) is 30.0 Å². The van der Waals surface area contributed by atoms with Crippen molar-refractivity contribution in [2.45, 2.75) is 19.8 Å². The predicted molar refractivity (Wildman–Crippen MR) is 48.2 cm³/mol. The summed E-state index contributed by atoms with van der Waals surface area (Å²) >= 11 is 5.20. The van der Waals surface area contributed by atoms with Crippen molar-refractivity contribution < 1.29 is 4.79 Å². The first-order chi connectivity index (χ1) is 5.68. The van der Waals surface area contributed by atoms with Crippen LogP contribution >= 0.6 is 11.6 Å². The van der Waals surface area contributed by atoms with Gasteiger partial charge in [-0.15, -0.1) is 0 Å². The minimum absolute atomic E-state index is 0.296. The van der Waals surface area contributed by atoms with Gasteiger partial charge in [-0.05, 0) is 36.6 Å². The lowest BCUT2D eigenvalue weighted by Crippen LogP contribution is -1.92. The van der Waals surface area contributed by atoms with Crippen molar-refractivity contribution in [1.29, 1.82) is 0 Å². The monoisotopic (exact) mass is 183 g/mol. The molecule has 1 rings (SSSR count). The predicted octanol–water partition coefficient (Wildman–Crippen LogP) is 2.09. The first-order valence-electron chi connectivity index (χ1n) is 3.78. The third kappa shape index (κ3) is 3.01. The SMILES string of the molecule is Cc1ccc(CCC(=O)Cl)cn1. The minimum atomic E-state index is -0.296. The van der Waals surface area contributed by atoms with Gasteiger partial charge in [0, 0.05) is 18.3 Å². The maximum atomic E-state index is 10.4. The Morgan fingerprint density at radius 3 is 2.83 bits per heavy atom. The number of aromatic nitrogens is 1. The highest BCUT2D eigenvalue weighted by molar-refractivity contribution is 6.63. The first kappa shape index (κ1) is 9.20. The Hall–Kier alpha value is -0.890. The number of aryl methyl sites for hydroxylation is 2. The van der Waals surface area contributed by atoms with E-state index in [1.807, 2.05) is 19.1 Å². The largest absolute Gasteiger partial charge is 0.281 e. The molecule has 0 aliphatic carbocycles. The van der Waals surface area contributed by atoms with Crippen LogP contribution in [0.3, 0.4) is 0 Å². The Morgan fingerprint density at radius 1 is 1.58 bits per heavy atom. The van der Waals surface area contributed by atoms with Gasteiger partial charge in [0.15, 0.2) is 0 Å². The number of carbonyl (C=O) groups excluding carboxylic acids is 1. The van der Waals surface area contributed by atoms with Gasteiger partial charge in [-0.3, -0.25) is 9.78 Å². The van der Waals surface area contributed by atoms with Gasteiger partial charge in [-0.25, -0.2) is 0 Å². The average molecular weight is 184 g/mol. The van der Waals surface area contributed by atoms with E-state index in [0.29, 0.717) is 12.8 Å². The van der Waals surface area contributed by atoms with Crippen molar-refractivity contribution in [1.82, 2.24) is 4.98 Å². The summed E-state index contributed by atoms with van der Waals surface area (Å²) in [5.74, 6) is 0. The van der Waals surface area contributed by atoms with E-state index in [0.717, 1.165) is 11.3 Å². The quantitative estimate of drug-likeness (QED) is 0.672. The molecule has 0 fully saturated rings. The van der Waals surface area contributed by atoms with Gasteiger partial charge < -0.3 is 0 Å². The van der Waals surface area contributed by atoms with Crippen molar-refractivity contribution in [3.8, 4) is 0 Å². The molecule has 0 aliphatic rings. The number of carbonyl (C=O) groups is 1. The number of halogens is 1. The Labute approximate surface area is 76.6 Å². The molecule has 64 valence electrons. The van der Waals surface area contributed by atoms with Gasteiger partial charge in [0.2, 0.25) is 5.24 Å². The highest BCUT2D eigenvalue weighted by Gasteiger charge is 1.97. The van der Waals surface area contributed by atoms with Crippen molar-refractivity contribution in [2.75, 3.05) is 0 Å². The van der Waals surface area contributed by atoms with Gasteiger partial charge in [0.05, 0.1) is 0 Å². The Bertz CT molecular complexity index is 268. The van der Waals surface area contributed by atoms with E-state index in [1.165, 1.54) is 0 Å². The molecule has 1 aromatic heterocycles. The van der Waals surface area contributed by atoms with E-state index < -0.39 is 0 Å². The number of pyridine rings is 1. The molecule has 12 heavy (non-hydrogen) atoms. The summed E-state index contributed by atoms with van der Waals surface area (Å²) in [5.41, 5.74) is 2.03. The molecule has 0 bridgehead atoms. The molecule has 0 spiro atoms. The normalized spacial score (nSPS) is 9.83. The van der Waals surface area contributed by atoms with Crippen molar-refractivity contribution in [3.05, 3.63) is 29.6 Å². The van der Waals surface area contributed by atoms with Crippen LogP contribution in [0.5, 0.6) is 0 Å². The van der Waals surface area contributed by atoms with Crippen molar-refractivity contribution in [3.63, 3.8) is 0 Å². The second kappa shape index (κ2) is 4.21. The summed E-state index contributed by atoms with van der Waals surface area (Å²) in [6.07, 6.45) is 2.83. The van der Waals surface area contributed by atoms with Gasteiger partial charge >= 0.3 is 0 Å². The fourth-order valence-electron chi connectivity index (χ4n) is 0.889. The molecule has 2 nitrogen and oxygen atoms in total. The Morgan fingerprint density at radius 2 is 2.33 bits per heavy atom. The molecular weight excluding hydrogens is 174 g/mol. The summed E-state index contributed by atoms with van der Waals surface area (Å²) in [6, 6.07) is 3.89. The van der Waals surface area contributed by atoms with Crippen LogP contribution < -0.4 is 0 Å². The smallest absolute Gasteiger partial charge is 0.221 e. The highest BCUT2D eigenvalue weighted by atomic mass is 35.5. The van der Waals surface area contributed by atoms with Crippen LogP contribution in [0.4, 0.5) is 0 Å². The molecule has 0 saturated heterocycles. The molecule has 0 N–H and O–H groups in total. The van der Waals surface area contributed by atoms with Gasteiger partial charge in [-0.1, -0.05) is 6.07 Å². The van der Waals surface area contributed by atoms with Crippen LogP contribution in [0, 0.1) is 6.92 Å². The standard InChI is InChI=1S/C9H10ClNO/c1-7-2-3-8(6-11-7)4-5-9(10)12/h2-3,6H,4-5H2,1H3. The summed E-state index contributed by atoms with van der Waals surface area (Å²) in [7, 11) is 0. The number of hydrogen-bond donors (Lipinski definition) is 0. The van der Waals surface area contributed by atoms with E-state index in [4.69, 9.17) is 11.6 Å². The zero-order valence-electron chi connectivity index (χ0n) is 6.88. The minimum Gasteiger partial charge on any atom is -0.281 e. The van der Waals surface area contributed by atoms with E-state index in [-0.39, 0.29) is 5.24 Å². The molecule has 0 atom stereocenters. The number of hydrogen-bond acceptors (Lipinski definition) is 2. The molecule has 0 unspecified atom stereocenters. The van der Waals surface area contributed by atoms with Gasteiger partial charge in [-0.2, -0.15) is 0 Å². The third-order valence-corrected chi connectivity index (χ3v) is 1.77. The molecule has 0 saturated carbocycles. The van der Waals surface area contributed by atoms with Crippen LogP contribution in [-0.2, 0) is 11.2 Å². The maximum absolute atomic E-state index is 10.4. The van der Waals surface area contributed by atoms with Gasteiger partial charge in [0.25, 0.3) is 0 Å². The zero-order chi connectivity index (χ0) is 8.97. The summed E-state index contributed by atoms with van der Waals surface area (Å²) < 4.78 is 0. The lowest BCUT2D eigenvalue weighted by atomic mass is 10.1. The molecule has 0 radical (unpaired) electrons. The van der Waals surface area contributed by atoms with E-state index in [1.54, 1.807) is 6.20 Å². The van der Waals surface area contributed by atoms with Crippen LogP contribution in [-0.4, -0.2) is 10.2 Å².